The highest BCUT2D eigenvalue weighted by molar-refractivity contribution is 5.66. The van der Waals surface area contributed by atoms with Crippen molar-refractivity contribution in [3.63, 3.8) is 0 Å². The molecular formula is C10H9FN2O. The van der Waals surface area contributed by atoms with Crippen LogP contribution in [0.1, 0.15) is 11.5 Å². The highest BCUT2D eigenvalue weighted by Crippen LogP contribution is 2.26. The topological polar surface area (TPSA) is 38.9 Å². The van der Waals surface area contributed by atoms with E-state index in [4.69, 9.17) is 4.52 Å². The SMILES string of the molecule is Cc1noc(C)c1-c1ccnc(F)c1. The molecular weight excluding hydrogens is 183 g/mol. The summed E-state index contributed by atoms with van der Waals surface area (Å²) in [5, 5.41) is 3.80. The van der Waals surface area contributed by atoms with Crippen LogP contribution in [0.15, 0.2) is 22.9 Å². The molecule has 0 aromatic carbocycles. The summed E-state index contributed by atoms with van der Waals surface area (Å²) in [6, 6.07) is 3.10. The van der Waals surface area contributed by atoms with Crippen molar-refractivity contribution in [1.29, 1.82) is 0 Å². The second-order valence-electron chi connectivity index (χ2n) is 3.07. The lowest BCUT2D eigenvalue weighted by atomic mass is 10.1. The lowest BCUT2D eigenvalue weighted by Crippen LogP contribution is -1.85. The van der Waals surface area contributed by atoms with Gasteiger partial charge in [-0.3, -0.25) is 0 Å². The third-order valence-electron chi connectivity index (χ3n) is 2.05. The molecule has 0 fully saturated rings. The van der Waals surface area contributed by atoms with Crippen LogP contribution >= 0.6 is 0 Å². The van der Waals surface area contributed by atoms with E-state index in [2.05, 4.69) is 10.1 Å². The van der Waals surface area contributed by atoms with Gasteiger partial charge in [-0.05, 0) is 25.5 Å². The number of aromatic nitrogens is 2. The minimum Gasteiger partial charge on any atom is -0.361 e. The summed E-state index contributed by atoms with van der Waals surface area (Å²) in [4.78, 5) is 3.49. The maximum Gasteiger partial charge on any atom is 0.213 e. The molecule has 0 radical (unpaired) electrons. The first-order chi connectivity index (χ1) is 6.68. The molecule has 0 N–H and O–H groups in total. The lowest BCUT2D eigenvalue weighted by molar-refractivity contribution is 0.393. The largest absolute Gasteiger partial charge is 0.361 e. The van der Waals surface area contributed by atoms with Gasteiger partial charge in [0, 0.05) is 17.8 Å². The average Bonchev–Trinajstić information content (AvgIpc) is 2.46. The van der Waals surface area contributed by atoms with Crippen LogP contribution < -0.4 is 0 Å². The van der Waals surface area contributed by atoms with Crippen molar-refractivity contribution in [2.45, 2.75) is 13.8 Å². The molecule has 0 aliphatic carbocycles. The summed E-state index contributed by atoms with van der Waals surface area (Å²) in [6.07, 6.45) is 1.43. The van der Waals surface area contributed by atoms with Crippen molar-refractivity contribution in [3.8, 4) is 11.1 Å². The second kappa shape index (κ2) is 3.21. The van der Waals surface area contributed by atoms with Gasteiger partial charge in [0.05, 0.1) is 5.69 Å². The van der Waals surface area contributed by atoms with Gasteiger partial charge in [0.2, 0.25) is 5.95 Å². The van der Waals surface area contributed by atoms with E-state index in [1.54, 1.807) is 13.0 Å². The fourth-order valence-corrected chi connectivity index (χ4v) is 1.45. The van der Waals surface area contributed by atoms with E-state index in [-0.39, 0.29) is 0 Å². The van der Waals surface area contributed by atoms with E-state index < -0.39 is 5.95 Å². The van der Waals surface area contributed by atoms with E-state index in [1.165, 1.54) is 12.3 Å². The molecule has 2 aromatic rings. The quantitative estimate of drug-likeness (QED) is 0.651. The van der Waals surface area contributed by atoms with Crippen molar-refractivity contribution in [1.82, 2.24) is 10.1 Å². The van der Waals surface area contributed by atoms with Gasteiger partial charge in [-0.2, -0.15) is 4.39 Å². The summed E-state index contributed by atoms with van der Waals surface area (Å²) < 4.78 is 17.9. The van der Waals surface area contributed by atoms with Crippen molar-refractivity contribution in [2.75, 3.05) is 0 Å². The Hall–Kier alpha value is -1.71. The summed E-state index contributed by atoms with van der Waals surface area (Å²) in [7, 11) is 0. The third kappa shape index (κ3) is 1.39. The number of pyridine rings is 1. The summed E-state index contributed by atoms with van der Waals surface area (Å²) in [5.41, 5.74) is 2.34. The standard InChI is InChI=1S/C10H9FN2O/c1-6-10(7(2)14-13-6)8-3-4-12-9(11)5-8/h3-5H,1-2H3. The molecule has 0 amide bonds. The first-order valence-corrected chi connectivity index (χ1v) is 4.23. The summed E-state index contributed by atoms with van der Waals surface area (Å²) in [5.74, 6) is 0.190. The minimum absolute atomic E-state index is 0.498. The second-order valence-corrected chi connectivity index (χ2v) is 3.07. The van der Waals surface area contributed by atoms with Crippen molar-refractivity contribution in [3.05, 3.63) is 35.7 Å². The molecule has 3 nitrogen and oxygen atoms in total. The molecule has 2 rings (SSSR count). The van der Waals surface area contributed by atoms with Gasteiger partial charge < -0.3 is 4.52 Å². The van der Waals surface area contributed by atoms with Crippen LogP contribution in [0.5, 0.6) is 0 Å². The third-order valence-corrected chi connectivity index (χ3v) is 2.05. The van der Waals surface area contributed by atoms with Gasteiger partial charge in [0.25, 0.3) is 0 Å². The molecule has 0 aliphatic rings. The molecule has 0 unspecified atom stereocenters. The highest BCUT2D eigenvalue weighted by atomic mass is 19.1. The Bertz CT molecular complexity index is 445. The number of aryl methyl sites for hydroxylation is 2. The Kier molecular flexibility index (Phi) is 2.04. The van der Waals surface area contributed by atoms with Crippen LogP contribution in [-0.4, -0.2) is 10.1 Å². The van der Waals surface area contributed by atoms with E-state index in [1.807, 2.05) is 6.92 Å². The van der Waals surface area contributed by atoms with Gasteiger partial charge in [-0.25, -0.2) is 4.98 Å². The Labute approximate surface area is 80.6 Å². The van der Waals surface area contributed by atoms with Gasteiger partial charge >= 0.3 is 0 Å². The van der Waals surface area contributed by atoms with E-state index in [0.29, 0.717) is 5.76 Å². The summed E-state index contributed by atoms with van der Waals surface area (Å²) in [6.45, 7) is 3.62. The van der Waals surface area contributed by atoms with Crippen LogP contribution in [0.25, 0.3) is 11.1 Å². The van der Waals surface area contributed by atoms with Crippen molar-refractivity contribution >= 4 is 0 Å². The van der Waals surface area contributed by atoms with Gasteiger partial charge in [0.15, 0.2) is 0 Å². The number of hydrogen-bond donors (Lipinski definition) is 0. The van der Waals surface area contributed by atoms with Crippen molar-refractivity contribution in [2.24, 2.45) is 0 Å². The Morgan fingerprint density at radius 1 is 1.36 bits per heavy atom. The normalized spacial score (nSPS) is 10.5. The number of halogens is 1. The molecule has 72 valence electrons. The Balaban J connectivity index is 2.59. The molecule has 0 bridgehead atoms. The average molecular weight is 192 g/mol. The van der Waals surface area contributed by atoms with Crippen LogP contribution in [0.2, 0.25) is 0 Å². The van der Waals surface area contributed by atoms with Gasteiger partial charge in [-0.15, -0.1) is 0 Å². The molecule has 0 saturated carbocycles. The van der Waals surface area contributed by atoms with Crippen LogP contribution in [0.4, 0.5) is 4.39 Å². The highest BCUT2D eigenvalue weighted by Gasteiger charge is 2.11. The zero-order valence-corrected chi connectivity index (χ0v) is 7.91. The molecule has 0 aliphatic heterocycles. The van der Waals surface area contributed by atoms with Crippen molar-refractivity contribution < 1.29 is 8.91 Å². The molecule has 14 heavy (non-hydrogen) atoms. The minimum atomic E-state index is -0.498. The molecule has 0 atom stereocenters. The number of rotatable bonds is 1. The van der Waals surface area contributed by atoms with Gasteiger partial charge in [0.1, 0.15) is 5.76 Å². The zero-order valence-electron chi connectivity index (χ0n) is 7.91. The van der Waals surface area contributed by atoms with Gasteiger partial charge in [-0.1, -0.05) is 5.16 Å². The Morgan fingerprint density at radius 3 is 2.71 bits per heavy atom. The van der Waals surface area contributed by atoms with E-state index in [0.717, 1.165) is 16.8 Å². The fraction of sp³-hybridized carbons (Fsp3) is 0.200. The van der Waals surface area contributed by atoms with E-state index >= 15 is 0 Å². The number of hydrogen-bond acceptors (Lipinski definition) is 3. The van der Waals surface area contributed by atoms with Crippen LogP contribution in [0.3, 0.4) is 0 Å². The van der Waals surface area contributed by atoms with Crippen LogP contribution in [-0.2, 0) is 0 Å². The maximum atomic E-state index is 12.9. The Morgan fingerprint density at radius 2 is 2.14 bits per heavy atom. The first-order valence-electron chi connectivity index (χ1n) is 4.23. The lowest BCUT2D eigenvalue weighted by Gasteiger charge is -1.98. The molecule has 0 spiro atoms. The fourth-order valence-electron chi connectivity index (χ4n) is 1.45. The molecule has 0 saturated heterocycles. The predicted octanol–water partition coefficient (Wildman–Crippen LogP) is 2.49. The smallest absolute Gasteiger partial charge is 0.213 e. The molecule has 4 heteroatoms. The first kappa shape index (κ1) is 8.87. The molecule has 2 aromatic heterocycles. The monoisotopic (exact) mass is 192 g/mol. The predicted molar refractivity (Wildman–Crippen MR) is 49.2 cm³/mol. The van der Waals surface area contributed by atoms with E-state index in [9.17, 15) is 4.39 Å². The van der Waals surface area contributed by atoms with Crippen LogP contribution in [0, 0.1) is 19.8 Å². The summed E-state index contributed by atoms with van der Waals surface area (Å²) >= 11 is 0. The maximum absolute atomic E-state index is 12.9. The zero-order chi connectivity index (χ0) is 10.1. The number of nitrogens with zero attached hydrogens (tertiary/aromatic N) is 2. The molecule has 2 heterocycles.